The second-order valence-electron chi connectivity index (χ2n) is 5.09. The molecule has 0 radical (unpaired) electrons. The minimum atomic E-state index is -0.385. The topological polar surface area (TPSA) is 44.5 Å². The van der Waals surface area contributed by atoms with Crippen LogP contribution in [-0.4, -0.2) is 13.2 Å². The van der Waals surface area contributed by atoms with Crippen molar-refractivity contribution < 1.29 is 13.9 Å². The zero-order chi connectivity index (χ0) is 15.2. The Hall–Kier alpha value is -2.07. The zero-order valence-electron chi connectivity index (χ0n) is 12.3. The first-order valence-electron chi connectivity index (χ1n) is 6.88. The van der Waals surface area contributed by atoms with Gasteiger partial charge in [-0.3, -0.25) is 0 Å². The molecule has 2 N–H and O–H groups in total. The van der Waals surface area contributed by atoms with Gasteiger partial charge in [0, 0.05) is 6.04 Å². The Balaban J connectivity index is 2.01. The van der Waals surface area contributed by atoms with Crippen LogP contribution in [0.15, 0.2) is 42.5 Å². The maximum atomic E-state index is 13.6. The summed E-state index contributed by atoms with van der Waals surface area (Å²) in [6.45, 7) is 2.27. The molecule has 3 nitrogen and oxygen atoms in total. The minimum Gasteiger partial charge on any atom is -0.494 e. The number of benzene rings is 2. The lowest BCUT2D eigenvalue weighted by molar-refractivity contribution is 0.304. The number of hydrogen-bond acceptors (Lipinski definition) is 3. The Morgan fingerprint density at radius 3 is 2.62 bits per heavy atom. The van der Waals surface area contributed by atoms with E-state index in [0.29, 0.717) is 6.61 Å². The van der Waals surface area contributed by atoms with Crippen LogP contribution in [0.1, 0.15) is 18.1 Å². The molecule has 0 fully saturated rings. The molecule has 0 aliphatic rings. The van der Waals surface area contributed by atoms with Gasteiger partial charge in [-0.15, -0.1) is 0 Å². The molecule has 0 bridgehead atoms. The molecular formula is C17H20FNO2. The average Bonchev–Trinajstić information content (AvgIpc) is 2.45. The van der Waals surface area contributed by atoms with E-state index in [1.165, 1.54) is 13.2 Å². The standard InChI is InChI=1S/C17H20FNO2/c1-12(19)8-13-4-3-5-15(9-13)21-11-14-6-7-17(20-2)16(18)10-14/h3-7,9-10,12H,8,11,19H2,1-2H3. The third kappa shape index (κ3) is 4.46. The summed E-state index contributed by atoms with van der Waals surface area (Å²) >= 11 is 0. The molecule has 2 rings (SSSR count). The van der Waals surface area contributed by atoms with E-state index in [9.17, 15) is 4.39 Å². The number of ether oxygens (including phenoxy) is 2. The van der Waals surface area contributed by atoms with Crippen molar-refractivity contribution in [3.63, 3.8) is 0 Å². The van der Waals surface area contributed by atoms with Gasteiger partial charge >= 0.3 is 0 Å². The molecule has 0 heterocycles. The first kappa shape index (κ1) is 15.3. The summed E-state index contributed by atoms with van der Waals surface area (Å²) < 4.78 is 24.2. The first-order valence-corrected chi connectivity index (χ1v) is 6.88. The Bertz CT molecular complexity index is 599. The van der Waals surface area contributed by atoms with Gasteiger partial charge in [0.1, 0.15) is 12.4 Å². The van der Waals surface area contributed by atoms with E-state index in [4.69, 9.17) is 15.2 Å². The third-order valence-electron chi connectivity index (χ3n) is 3.08. The van der Waals surface area contributed by atoms with Crippen LogP contribution in [0.25, 0.3) is 0 Å². The van der Waals surface area contributed by atoms with Crippen LogP contribution in [0.3, 0.4) is 0 Å². The highest BCUT2D eigenvalue weighted by molar-refractivity contribution is 5.31. The zero-order valence-corrected chi connectivity index (χ0v) is 12.3. The number of hydrogen-bond donors (Lipinski definition) is 1. The van der Waals surface area contributed by atoms with Crippen molar-refractivity contribution in [2.24, 2.45) is 5.73 Å². The predicted octanol–water partition coefficient (Wildman–Crippen LogP) is 3.30. The Morgan fingerprint density at radius 2 is 1.95 bits per heavy atom. The van der Waals surface area contributed by atoms with E-state index in [1.807, 2.05) is 31.2 Å². The Labute approximate surface area is 124 Å². The number of halogens is 1. The largest absolute Gasteiger partial charge is 0.494 e. The van der Waals surface area contributed by atoms with Crippen LogP contribution in [0.2, 0.25) is 0 Å². The van der Waals surface area contributed by atoms with Crippen LogP contribution in [-0.2, 0) is 13.0 Å². The van der Waals surface area contributed by atoms with Crippen molar-refractivity contribution in [3.8, 4) is 11.5 Å². The third-order valence-corrected chi connectivity index (χ3v) is 3.08. The van der Waals surface area contributed by atoms with Gasteiger partial charge in [-0.25, -0.2) is 4.39 Å². The van der Waals surface area contributed by atoms with E-state index in [2.05, 4.69) is 0 Å². The summed E-state index contributed by atoms with van der Waals surface area (Å²) in [4.78, 5) is 0. The summed E-state index contributed by atoms with van der Waals surface area (Å²) in [7, 11) is 1.44. The van der Waals surface area contributed by atoms with Crippen LogP contribution in [0.5, 0.6) is 11.5 Å². The van der Waals surface area contributed by atoms with Crippen molar-refractivity contribution in [2.75, 3.05) is 7.11 Å². The highest BCUT2D eigenvalue weighted by Crippen LogP contribution is 2.20. The molecule has 2 aromatic rings. The minimum absolute atomic E-state index is 0.107. The molecule has 0 aliphatic heterocycles. The second kappa shape index (κ2) is 7.09. The van der Waals surface area contributed by atoms with Gasteiger partial charge in [-0.1, -0.05) is 18.2 Å². The van der Waals surface area contributed by atoms with Gasteiger partial charge in [-0.05, 0) is 48.7 Å². The summed E-state index contributed by atoms with van der Waals surface area (Å²) in [6.07, 6.45) is 0.800. The lowest BCUT2D eigenvalue weighted by atomic mass is 10.1. The second-order valence-corrected chi connectivity index (χ2v) is 5.09. The normalized spacial score (nSPS) is 12.0. The molecule has 2 aromatic carbocycles. The van der Waals surface area contributed by atoms with E-state index in [1.54, 1.807) is 12.1 Å². The monoisotopic (exact) mass is 289 g/mol. The fraction of sp³-hybridized carbons (Fsp3) is 0.294. The van der Waals surface area contributed by atoms with E-state index in [-0.39, 0.29) is 17.6 Å². The molecule has 0 saturated heterocycles. The fourth-order valence-corrected chi connectivity index (χ4v) is 2.10. The van der Waals surface area contributed by atoms with Crippen LogP contribution in [0, 0.1) is 5.82 Å². The average molecular weight is 289 g/mol. The van der Waals surface area contributed by atoms with Crippen molar-refractivity contribution in [3.05, 3.63) is 59.4 Å². The number of rotatable bonds is 6. The number of nitrogens with two attached hydrogens (primary N) is 1. The fourth-order valence-electron chi connectivity index (χ4n) is 2.10. The van der Waals surface area contributed by atoms with Crippen molar-refractivity contribution in [1.82, 2.24) is 0 Å². The van der Waals surface area contributed by atoms with Gasteiger partial charge in [0.05, 0.1) is 7.11 Å². The van der Waals surface area contributed by atoms with Crippen LogP contribution < -0.4 is 15.2 Å². The first-order chi connectivity index (χ1) is 10.1. The predicted molar refractivity (Wildman–Crippen MR) is 81.1 cm³/mol. The molecule has 0 amide bonds. The highest BCUT2D eigenvalue weighted by atomic mass is 19.1. The summed E-state index contributed by atoms with van der Waals surface area (Å²) in [5, 5.41) is 0. The van der Waals surface area contributed by atoms with Gasteiger partial charge in [0.25, 0.3) is 0 Å². The van der Waals surface area contributed by atoms with E-state index >= 15 is 0 Å². The summed E-state index contributed by atoms with van der Waals surface area (Å²) in [5.74, 6) is 0.603. The smallest absolute Gasteiger partial charge is 0.165 e. The van der Waals surface area contributed by atoms with Gasteiger partial charge in [0.15, 0.2) is 11.6 Å². The van der Waals surface area contributed by atoms with E-state index in [0.717, 1.165) is 23.3 Å². The molecule has 0 aromatic heterocycles. The molecule has 21 heavy (non-hydrogen) atoms. The lowest BCUT2D eigenvalue weighted by Crippen LogP contribution is -2.17. The quantitative estimate of drug-likeness (QED) is 0.887. The lowest BCUT2D eigenvalue weighted by Gasteiger charge is -2.10. The maximum Gasteiger partial charge on any atom is 0.165 e. The number of methoxy groups -OCH3 is 1. The Morgan fingerprint density at radius 1 is 1.14 bits per heavy atom. The molecule has 0 aliphatic carbocycles. The van der Waals surface area contributed by atoms with Crippen molar-refractivity contribution in [2.45, 2.75) is 26.0 Å². The maximum absolute atomic E-state index is 13.6. The van der Waals surface area contributed by atoms with Crippen molar-refractivity contribution in [1.29, 1.82) is 0 Å². The molecule has 112 valence electrons. The van der Waals surface area contributed by atoms with Gasteiger partial charge < -0.3 is 15.2 Å². The van der Waals surface area contributed by atoms with Crippen molar-refractivity contribution >= 4 is 0 Å². The molecule has 1 atom stereocenters. The van der Waals surface area contributed by atoms with Crippen LogP contribution >= 0.6 is 0 Å². The van der Waals surface area contributed by atoms with Gasteiger partial charge in [-0.2, -0.15) is 0 Å². The summed E-state index contributed by atoms with van der Waals surface area (Å²) in [6, 6.07) is 12.7. The Kier molecular flexibility index (Phi) is 5.17. The molecule has 1 unspecified atom stereocenters. The molecular weight excluding hydrogens is 269 g/mol. The SMILES string of the molecule is COc1ccc(COc2cccc(CC(C)N)c2)cc1F. The van der Waals surface area contributed by atoms with Gasteiger partial charge in [0.2, 0.25) is 0 Å². The molecule has 0 spiro atoms. The molecule has 0 saturated carbocycles. The summed E-state index contributed by atoms with van der Waals surface area (Å²) in [5.41, 5.74) is 7.67. The van der Waals surface area contributed by atoms with Crippen LogP contribution in [0.4, 0.5) is 4.39 Å². The molecule has 4 heteroatoms. The van der Waals surface area contributed by atoms with E-state index < -0.39 is 0 Å². The highest BCUT2D eigenvalue weighted by Gasteiger charge is 2.05.